The summed E-state index contributed by atoms with van der Waals surface area (Å²) in [6.45, 7) is 4.67. The van der Waals surface area contributed by atoms with Gasteiger partial charge in [0.25, 0.3) is 0 Å². The lowest BCUT2D eigenvalue weighted by atomic mass is 9.98. The molecular formula is C23H30N6. The summed E-state index contributed by atoms with van der Waals surface area (Å²) in [5.41, 5.74) is 4.90. The molecule has 0 aliphatic rings. The van der Waals surface area contributed by atoms with Crippen LogP contribution in [0.1, 0.15) is 30.9 Å². The molecule has 29 heavy (non-hydrogen) atoms. The summed E-state index contributed by atoms with van der Waals surface area (Å²) in [5.74, 6) is 0.927. The van der Waals surface area contributed by atoms with E-state index in [1.165, 1.54) is 28.7 Å². The summed E-state index contributed by atoms with van der Waals surface area (Å²) >= 11 is 0. The second kappa shape index (κ2) is 10.4. The zero-order chi connectivity index (χ0) is 20.5. The molecule has 0 atom stereocenters. The van der Waals surface area contributed by atoms with Crippen LogP contribution in [0.2, 0.25) is 0 Å². The topological polar surface area (TPSA) is 58.3 Å². The predicted molar refractivity (Wildman–Crippen MR) is 119 cm³/mol. The largest absolute Gasteiger partial charge is 0.352 e. The van der Waals surface area contributed by atoms with E-state index in [0.717, 1.165) is 32.0 Å². The predicted octanol–water partition coefficient (Wildman–Crippen LogP) is 3.80. The third-order valence-corrected chi connectivity index (χ3v) is 4.95. The van der Waals surface area contributed by atoms with Crippen LogP contribution in [0.3, 0.4) is 0 Å². The third kappa shape index (κ3) is 5.67. The van der Waals surface area contributed by atoms with Gasteiger partial charge in [0, 0.05) is 27.2 Å². The molecule has 0 radical (unpaired) electrons. The summed E-state index contributed by atoms with van der Waals surface area (Å²) in [4.78, 5) is 10.6. The SMILES string of the molecule is CCCCN(C)C(=NC)NCc1ccccc1-c1ccc(Cn2cncn2)cc1. The van der Waals surface area contributed by atoms with Crippen LogP contribution in [0.25, 0.3) is 11.1 Å². The minimum Gasteiger partial charge on any atom is -0.352 e. The van der Waals surface area contributed by atoms with Crippen LogP contribution in [0.15, 0.2) is 66.2 Å². The Bertz CT molecular complexity index is 899. The fourth-order valence-electron chi connectivity index (χ4n) is 3.31. The highest BCUT2D eigenvalue weighted by Crippen LogP contribution is 2.24. The highest BCUT2D eigenvalue weighted by molar-refractivity contribution is 5.80. The average Bonchev–Trinajstić information content (AvgIpc) is 3.26. The summed E-state index contributed by atoms with van der Waals surface area (Å²) < 4.78 is 1.83. The number of unbranched alkanes of at least 4 members (excludes halogenated alkanes) is 1. The van der Waals surface area contributed by atoms with Gasteiger partial charge in [0.1, 0.15) is 12.7 Å². The highest BCUT2D eigenvalue weighted by atomic mass is 15.3. The Morgan fingerprint density at radius 3 is 2.62 bits per heavy atom. The van der Waals surface area contributed by atoms with Gasteiger partial charge in [-0.05, 0) is 28.7 Å². The molecule has 0 unspecified atom stereocenters. The fraction of sp³-hybridized carbons (Fsp3) is 0.348. The molecule has 0 saturated heterocycles. The van der Waals surface area contributed by atoms with Crippen LogP contribution in [-0.2, 0) is 13.1 Å². The summed E-state index contributed by atoms with van der Waals surface area (Å²) in [6.07, 6.45) is 5.64. The molecule has 0 bridgehead atoms. The Kier molecular flexibility index (Phi) is 7.39. The minimum atomic E-state index is 0.726. The fourth-order valence-corrected chi connectivity index (χ4v) is 3.31. The molecule has 3 rings (SSSR count). The van der Waals surface area contributed by atoms with Gasteiger partial charge in [0.15, 0.2) is 5.96 Å². The van der Waals surface area contributed by atoms with E-state index in [4.69, 9.17) is 0 Å². The van der Waals surface area contributed by atoms with Crippen molar-refractivity contribution < 1.29 is 0 Å². The molecule has 2 aromatic carbocycles. The van der Waals surface area contributed by atoms with Crippen LogP contribution in [0.5, 0.6) is 0 Å². The molecule has 0 fully saturated rings. The standard InChI is InChI=1S/C23H30N6/c1-4-5-14-28(3)23(24-2)26-15-21-8-6-7-9-22(21)20-12-10-19(11-13-20)16-29-18-25-17-27-29/h6-13,17-18H,4-5,14-16H2,1-3H3,(H,24,26). The van der Waals surface area contributed by atoms with Gasteiger partial charge in [-0.1, -0.05) is 61.9 Å². The van der Waals surface area contributed by atoms with Gasteiger partial charge in [-0.3, -0.25) is 4.99 Å². The summed E-state index contributed by atoms with van der Waals surface area (Å²) in [6, 6.07) is 17.2. The normalized spacial score (nSPS) is 11.5. The van der Waals surface area contributed by atoms with E-state index in [0.29, 0.717) is 0 Å². The number of aromatic nitrogens is 3. The molecule has 1 heterocycles. The van der Waals surface area contributed by atoms with Gasteiger partial charge < -0.3 is 10.2 Å². The Balaban J connectivity index is 1.70. The first-order valence-corrected chi connectivity index (χ1v) is 10.1. The van der Waals surface area contributed by atoms with Crippen molar-refractivity contribution in [3.8, 4) is 11.1 Å². The Morgan fingerprint density at radius 1 is 1.14 bits per heavy atom. The Morgan fingerprint density at radius 2 is 1.93 bits per heavy atom. The number of benzene rings is 2. The number of hydrogen-bond donors (Lipinski definition) is 1. The van der Waals surface area contributed by atoms with Gasteiger partial charge >= 0.3 is 0 Å². The molecule has 0 aliphatic carbocycles. The van der Waals surface area contributed by atoms with Crippen LogP contribution < -0.4 is 5.32 Å². The molecule has 1 N–H and O–H groups in total. The van der Waals surface area contributed by atoms with Crippen molar-refractivity contribution in [1.82, 2.24) is 25.0 Å². The van der Waals surface area contributed by atoms with Gasteiger partial charge in [-0.15, -0.1) is 0 Å². The van der Waals surface area contributed by atoms with Gasteiger partial charge in [0.2, 0.25) is 0 Å². The lowest BCUT2D eigenvalue weighted by Crippen LogP contribution is -2.39. The maximum absolute atomic E-state index is 4.42. The summed E-state index contributed by atoms with van der Waals surface area (Å²) in [5, 5.41) is 7.67. The van der Waals surface area contributed by atoms with Gasteiger partial charge in [-0.25, -0.2) is 9.67 Å². The number of aliphatic imine (C=N–C) groups is 1. The van der Waals surface area contributed by atoms with E-state index >= 15 is 0 Å². The van der Waals surface area contributed by atoms with E-state index in [1.54, 1.807) is 12.7 Å². The van der Waals surface area contributed by atoms with Crippen LogP contribution in [-0.4, -0.2) is 46.3 Å². The first-order chi connectivity index (χ1) is 14.2. The smallest absolute Gasteiger partial charge is 0.193 e. The van der Waals surface area contributed by atoms with Crippen molar-refractivity contribution in [2.24, 2.45) is 4.99 Å². The quantitative estimate of drug-likeness (QED) is 0.469. The Labute approximate surface area is 173 Å². The molecule has 3 aromatic rings. The molecule has 1 aromatic heterocycles. The van der Waals surface area contributed by atoms with Crippen molar-refractivity contribution in [3.63, 3.8) is 0 Å². The lowest BCUT2D eigenvalue weighted by Gasteiger charge is -2.22. The zero-order valence-electron chi connectivity index (χ0n) is 17.5. The van der Waals surface area contributed by atoms with Crippen LogP contribution in [0.4, 0.5) is 0 Å². The van der Waals surface area contributed by atoms with Gasteiger partial charge in [-0.2, -0.15) is 5.10 Å². The number of hydrogen-bond acceptors (Lipinski definition) is 3. The second-order valence-corrected chi connectivity index (χ2v) is 7.12. The number of rotatable bonds is 8. The van der Waals surface area contributed by atoms with E-state index in [1.807, 2.05) is 11.7 Å². The van der Waals surface area contributed by atoms with Gasteiger partial charge in [0.05, 0.1) is 6.54 Å². The minimum absolute atomic E-state index is 0.726. The average molecular weight is 391 g/mol. The van der Waals surface area contributed by atoms with E-state index in [-0.39, 0.29) is 0 Å². The van der Waals surface area contributed by atoms with E-state index in [9.17, 15) is 0 Å². The molecule has 0 aliphatic heterocycles. The monoisotopic (exact) mass is 390 g/mol. The first-order valence-electron chi connectivity index (χ1n) is 10.1. The van der Waals surface area contributed by atoms with Crippen molar-refractivity contribution in [3.05, 3.63) is 72.3 Å². The third-order valence-electron chi connectivity index (χ3n) is 4.95. The number of nitrogens with one attached hydrogen (secondary N) is 1. The maximum atomic E-state index is 4.42. The van der Waals surface area contributed by atoms with Crippen LogP contribution >= 0.6 is 0 Å². The number of guanidine groups is 1. The summed E-state index contributed by atoms with van der Waals surface area (Å²) in [7, 11) is 3.93. The molecule has 6 heteroatoms. The Hall–Kier alpha value is -3.15. The van der Waals surface area contributed by atoms with E-state index < -0.39 is 0 Å². The molecule has 0 saturated carbocycles. The second-order valence-electron chi connectivity index (χ2n) is 7.12. The lowest BCUT2D eigenvalue weighted by molar-refractivity contribution is 0.464. The van der Waals surface area contributed by atoms with E-state index in [2.05, 4.69) is 87.8 Å². The van der Waals surface area contributed by atoms with Crippen molar-refractivity contribution in [2.75, 3.05) is 20.6 Å². The maximum Gasteiger partial charge on any atom is 0.193 e. The molecule has 152 valence electrons. The van der Waals surface area contributed by atoms with Crippen molar-refractivity contribution in [2.45, 2.75) is 32.9 Å². The first kappa shape index (κ1) is 20.6. The van der Waals surface area contributed by atoms with Crippen molar-refractivity contribution in [1.29, 1.82) is 0 Å². The molecule has 6 nitrogen and oxygen atoms in total. The molecule has 0 amide bonds. The van der Waals surface area contributed by atoms with Crippen molar-refractivity contribution >= 4 is 5.96 Å². The number of nitrogens with zero attached hydrogens (tertiary/aromatic N) is 5. The van der Waals surface area contributed by atoms with Crippen LogP contribution in [0, 0.1) is 0 Å². The molecule has 0 spiro atoms. The highest BCUT2D eigenvalue weighted by Gasteiger charge is 2.08. The zero-order valence-corrected chi connectivity index (χ0v) is 17.5. The molecular weight excluding hydrogens is 360 g/mol.